The monoisotopic (exact) mass is 406 g/mol. The molecule has 3 aromatic rings. The molecule has 1 N–H and O–H groups in total. The highest BCUT2D eigenvalue weighted by molar-refractivity contribution is 6.02. The zero-order valence-corrected chi connectivity index (χ0v) is 17.0. The van der Waals surface area contributed by atoms with Crippen molar-refractivity contribution in [1.82, 2.24) is 14.8 Å². The predicted molar refractivity (Wildman–Crippen MR) is 111 cm³/mol. The van der Waals surface area contributed by atoms with Crippen LogP contribution in [-0.2, 0) is 9.53 Å². The number of carbonyl (C=O) groups excluding carboxylic acids is 1. The van der Waals surface area contributed by atoms with Gasteiger partial charge < -0.3 is 19.5 Å². The first kappa shape index (κ1) is 19.5. The second kappa shape index (κ2) is 8.28. The first-order chi connectivity index (χ1) is 14.7. The third-order valence-electron chi connectivity index (χ3n) is 4.87. The SMILES string of the molecule is CCOc1cc(C2C(C(=O)OC)=C(c3ccccc3)Nc3ncnn32)ccc1OC. The summed E-state index contributed by atoms with van der Waals surface area (Å²) >= 11 is 0. The second-order valence-corrected chi connectivity index (χ2v) is 6.55. The Morgan fingerprint density at radius 3 is 2.63 bits per heavy atom. The van der Waals surface area contributed by atoms with Gasteiger partial charge in [-0.2, -0.15) is 10.1 Å². The highest BCUT2D eigenvalue weighted by atomic mass is 16.5. The van der Waals surface area contributed by atoms with E-state index in [4.69, 9.17) is 14.2 Å². The highest BCUT2D eigenvalue weighted by Gasteiger charge is 2.36. The van der Waals surface area contributed by atoms with Crippen molar-refractivity contribution in [3.05, 3.63) is 71.6 Å². The normalized spacial score (nSPS) is 15.2. The van der Waals surface area contributed by atoms with Crippen LogP contribution in [0.1, 0.15) is 24.1 Å². The van der Waals surface area contributed by atoms with Crippen molar-refractivity contribution in [3.63, 3.8) is 0 Å². The Bertz CT molecular complexity index is 1090. The van der Waals surface area contributed by atoms with Crippen molar-refractivity contribution in [3.8, 4) is 11.5 Å². The van der Waals surface area contributed by atoms with Crippen LogP contribution in [0.5, 0.6) is 11.5 Å². The minimum absolute atomic E-state index is 0.425. The molecule has 0 amide bonds. The third kappa shape index (κ3) is 3.36. The van der Waals surface area contributed by atoms with E-state index in [-0.39, 0.29) is 0 Å². The van der Waals surface area contributed by atoms with Crippen LogP contribution in [-0.4, -0.2) is 41.6 Å². The second-order valence-electron chi connectivity index (χ2n) is 6.55. The van der Waals surface area contributed by atoms with Gasteiger partial charge in [-0.15, -0.1) is 0 Å². The van der Waals surface area contributed by atoms with E-state index < -0.39 is 12.0 Å². The smallest absolute Gasteiger partial charge is 0.338 e. The molecule has 1 aliphatic heterocycles. The van der Waals surface area contributed by atoms with E-state index in [0.29, 0.717) is 35.3 Å². The first-order valence-electron chi connectivity index (χ1n) is 9.53. The molecule has 1 aromatic heterocycles. The van der Waals surface area contributed by atoms with Gasteiger partial charge in [-0.3, -0.25) is 0 Å². The number of rotatable bonds is 6. The van der Waals surface area contributed by atoms with Crippen LogP contribution in [0.25, 0.3) is 5.70 Å². The van der Waals surface area contributed by atoms with Gasteiger partial charge in [0, 0.05) is 0 Å². The molecule has 1 atom stereocenters. The molecule has 2 heterocycles. The van der Waals surface area contributed by atoms with Gasteiger partial charge in [-0.25, -0.2) is 9.48 Å². The van der Waals surface area contributed by atoms with Gasteiger partial charge in [-0.05, 0) is 30.2 Å². The summed E-state index contributed by atoms with van der Waals surface area (Å²) in [5.74, 6) is 1.27. The number of esters is 1. The molecule has 8 heteroatoms. The Kier molecular flexibility index (Phi) is 5.38. The van der Waals surface area contributed by atoms with E-state index in [1.807, 2.05) is 55.5 Å². The van der Waals surface area contributed by atoms with Crippen molar-refractivity contribution in [1.29, 1.82) is 0 Å². The number of hydrogen-bond acceptors (Lipinski definition) is 7. The number of fused-ring (bicyclic) bond motifs is 1. The summed E-state index contributed by atoms with van der Waals surface area (Å²) in [7, 11) is 2.95. The Labute approximate surface area is 174 Å². The summed E-state index contributed by atoms with van der Waals surface area (Å²) in [6.07, 6.45) is 1.45. The Balaban J connectivity index is 1.95. The summed E-state index contributed by atoms with van der Waals surface area (Å²) in [4.78, 5) is 17.3. The molecular weight excluding hydrogens is 384 g/mol. The average Bonchev–Trinajstić information content (AvgIpc) is 3.26. The number of carbonyl (C=O) groups is 1. The fraction of sp³-hybridized carbons (Fsp3) is 0.227. The topological polar surface area (TPSA) is 87.5 Å². The number of hydrogen-bond donors (Lipinski definition) is 1. The number of ether oxygens (including phenoxy) is 3. The molecule has 0 saturated heterocycles. The van der Waals surface area contributed by atoms with E-state index in [2.05, 4.69) is 15.4 Å². The zero-order valence-electron chi connectivity index (χ0n) is 17.0. The van der Waals surface area contributed by atoms with Crippen LogP contribution in [0, 0.1) is 0 Å². The van der Waals surface area contributed by atoms with Crippen molar-refractivity contribution >= 4 is 17.6 Å². The molecule has 2 aromatic carbocycles. The van der Waals surface area contributed by atoms with E-state index in [0.717, 1.165) is 11.1 Å². The number of nitrogens with zero attached hydrogens (tertiary/aromatic N) is 3. The first-order valence-corrected chi connectivity index (χ1v) is 9.53. The Hall–Kier alpha value is -3.81. The van der Waals surface area contributed by atoms with Gasteiger partial charge in [0.05, 0.1) is 32.1 Å². The Morgan fingerprint density at radius 2 is 1.93 bits per heavy atom. The van der Waals surface area contributed by atoms with Gasteiger partial charge in [0.2, 0.25) is 5.95 Å². The lowest BCUT2D eigenvalue weighted by Gasteiger charge is -2.29. The summed E-state index contributed by atoms with van der Waals surface area (Å²) in [5, 5.41) is 7.59. The number of methoxy groups -OCH3 is 2. The van der Waals surface area contributed by atoms with E-state index in [9.17, 15) is 4.79 Å². The summed E-state index contributed by atoms with van der Waals surface area (Å²) in [6, 6.07) is 14.6. The number of benzene rings is 2. The number of anilines is 1. The van der Waals surface area contributed by atoms with Crippen LogP contribution in [0.3, 0.4) is 0 Å². The van der Waals surface area contributed by atoms with E-state index in [1.54, 1.807) is 11.8 Å². The quantitative estimate of drug-likeness (QED) is 0.629. The minimum atomic E-state index is -0.559. The van der Waals surface area contributed by atoms with Crippen molar-refractivity contribution in [2.24, 2.45) is 0 Å². The lowest BCUT2D eigenvalue weighted by atomic mass is 9.92. The fourth-order valence-corrected chi connectivity index (χ4v) is 3.56. The summed E-state index contributed by atoms with van der Waals surface area (Å²) in [5.41, 5.74) is 2.69. The maximum atomic E-state index is 13.0. The lowest BCUT2D eigenvalue weighted by molar-refractivity contribution is -0.136. The van der Waals surface area contributed by atoms with Crippen molar-refractivity contribution < 1.29 is 19.0 Å². The molecule has 0 fully saturated rings. The van der Waals surface area contributed by atoms with Crippen LogP contribution < -0.4 is 14.8 Å². The van der Waals surface area contributed by atoms with Crippen LogP contribution in [0.4, 0.5) is 5.95 Å². The highest BCUT2D eigenvalue weighted by Crippen LogP contribution is 2.41. The molecule has 0 spiro atoms. The molecule has 1 unspecified atom stereocenters. The molecule has 1 aliphatic rings. The molecule has 154 valence electrons. The van der Waals surface area contributed by atoms with Crippen molar-refractivity contribution in [2.75, 3.05) is 26.1 Å². The van der Waals surface area contributed by atoms with E-state index >= 15 is 0 Å². The van der Waals surface area contributed by atoms with Crippen LogP contribution in [0.15, 0.2) is 60.4 Å². The molecule has 0 bridgehead atoms. The van der Waals surface area contributed by atoms with Gasteiger partial charge in [0.25, 0.3) is 0 Å². The molecule has 0 aliphatic carbocycles. The largest absolute Gasteiger partial charge is 0.493 e. The van der Waals surface area contributed by atoms with Gasteiger partial charge >= 0.3 is 5.97 Å². The van der Waals surface area contributed by atoms with Gasteiger partial charge in [0.1, 0.15) is 12.4 Å². The molecule has 0 radical (unpaired) electrons. The summed E-state index contributed by atoms with van der Waals surface area (Å²) < 4.78 is 18.0. The minimum Gasteiger partial charge on any atom is -0.493 e. The predicted octanol–water partition coefficient (Wildman–Crippen LogP) is 3.28. The lowest BCUT2D eigenvalue weighted by Crippen LogP contribution is -2.29. The van der Waals surface area contributed by atoms with Gasteiger partial charge in [0.15, 0.2) is 11.5 Å². The molecule has 0 saturated carbocycles. The third-order valence-corrected chi connectivity index (χ3v) is 4.87. The Morgan fingerprint density at radius 1 is 1.13 bits per heavy atom. The zero-order chi connectivity index (χ0) is 21.1. The summed E-state index contributed by atoms with van der Waals surface area (Å²) in [6.45, 7) is 2.38. The average molecular weight is 406 g/mol. The van der Waals surface area contributed by atoms with Gasteiger partial charge in [-0.1, -0.05) is 36.4 Å². The van der Waals surface area contributed by atoms with E-state index in [1.165, 1.54) is 13.4 Å². The number of nitrogens with one attached hydrogen (secondary N) is 1. The van der Waals surface area contributed by atoms with Crippen LogP contribution in [0.2, 0.25) is 0 Å². The van der Waals surface area contributed by atoms with Crippen molar-refractivity contribution in [2.45, 2.75) is 13.0 Å². The fourth-order valence-electron chi connectivity index (χ4n) is 3.56. The molecule has 4 rings (SSSR count). The standard InChI is InChI=1S/C22H22N4O4/c1-4-30-17-12-15(10-11-16(17)28-2)20-18(21(27)29-3)19(14-8-6-5-7-9-14)25-22-23-13-24-26(20)22/h5-13,20H,4H2,1-3H3,(H,23,24,25). The molecule has 8 nitrogen and oxygen atoms in total. The molecular formula is C22H22N4O4. The molecule has 30 heavy (non-hydrogen) atoms. The number of aromatic nitrogens is 3. The maximum Gasteiger partial charge on any atom is 0.338 e. The maximum absolute atomic E-state index is 13.0. The van der Waals surface area contributed by atoms with Crippen LogP contribution >= 0.6 is 0 Å².